The lowest BCUT2D eigenvalue weighted by Gasteiger charge is -2.03. The number of carbonyl (C=O) groups is 1. The second kappa shape index (κ2) is 10.1. The monoisotopic (exact) mass is 402 g/mol. The van der Waals surface area contributed by atoms with Crippen molar-refractivity contribution < 1.29 is 14.4 Å². The summed E-state index contributed by atoms with van der Waals surface area (Å²) in [4.78, 5) is 33.1. The molecule has 3 aromatic carbocycles. The van der Waals surface area contributed by atoms with Crippen molar-refractivity contribution in [3.05, 3.63) is 89.4 Å². The molecule has 1 amide bonds. The molecule has 1 aromatic heterocycles. The van der Waals surface area contributed by atoms with Gasteiger partial charge in [-0.2, -0.15) is 9.59 Å². The lowest BCUT2D eigenvalue weighted by molar-refractivity contribution is -0.191. The highest BCUT2D eigenvalue weighted by Gasteiger charge is 2.10. The first-order valence-corrected chi connectivity index (χ1v) is 9.76. The van der Waals surface area contributed by atoms with Crippen LogP contribution in [0.15, 0.2) is 78.9 Å². The Hall–Kier alpha value is -3.60. The van der Waals surface area contributed by atoms with E-state index in [0.717, 1.165) is 20.8 Å². The molecule has 0 aliphatic rings. The van der Waals surface area contributed by atoms with E-state index in [1.54, 1.807) is 11.3 Å². The summed E-state index contributed by atoms with van der Waals surface area (Å²) in [6.07, 6.45) is 0.562. The van der Waals surface area contributed by atoms with Gasteiger partial charge in [0.1, 0.15) is 5.01 Å². The first-order valence-electron chi connectivity index (χ1n) is 8.94. The molecule has 4 aromatic rings. The summed E-state index contributed by atoms with van der Waals surface area (Å²) in [5, 5.41) is 3.80. The minimum Gasteiger partial charge on any atom is -0.352 e. The lowest BCUT2D eigenvalue weighted by atomic mass is 10.1. The van der Waals surface area contributed by atoms with Crippen molar-refractivity contribution in [2.75, 3.05) is 0 Å². The summed E-state index contributed by atoms with van der Waals surface area (Å²) in [6, 6.07) is 26.5. The van der Waals surface area contributed by atoms with Gasteiger partial charge in [-0.05, 0) is 28.8 Å². The lowest BCUT2D eigenvalue weighted by Crippen LogP contribution is -2.24. The van der Waals surface area contributed by atoms with Crippen LogP contribution in [-0.4, -0.2) is 17.0 Å². The van der Waals surface area contributed by atoms with E-state index in [1.165, 1.54) is 11.1 Å². The quantitative estimate of drug-likeness (QED) is 0.542. The van der Waals surface area contributed by atoms with Crippen LogP contribution in [0.1, 0.15) is 10.6 Å². The van der Waals surface area contributed by atoms with E-state index < -0.39 is 0 Å². The van der Waals surface area contributed by atoms with Gasteiger partial charge in [0.2, 0.25) is 5.91 Å². The fourth-order valence-electron chi connectivity index (χ4n) is 2.85. The van der Waals surface area contributed by atoms with Crippen LogP contribution in [0.3, 0.4) is 0 Å². The van der Waals surface area contributed by atoms with Crippen molar-refractivity contribution in [1.82, 2.24) is 10.3 Å². The zero-order valence-electron chi connectivity index (χ0n) is 15.5. The van der Waals surface area contributed by atoms with Crippen molar-refractivity contribution in [3.8, 4) is 11.1 Å². The molecule has 29 heavy (non-hydrogen) atoms. The number of amides is 1. The summed E-state index contributed by atoms with van der Waals surface area (Å²) in [5.41, 5.74) is 4.39. The summed E-state index contributed by atoms with van der Waals surface area (Å²) >= 11 is 1.58. The third-order valence-electron chi connectivity index (χ3n) is 4.18. The van der Waals surface area contributed by atoms with Gasteiger partial charge in [-0.3, -0.25) is 4.79 Å². The number of aromatic nitrogens is 1. The summed E-state index contributed by atoms with van der Waals surface area (Å²) < 4.78 is 1.11. The van der Waals surface area contributed by atoms with E-state index in [9.17, 15) is 4.79 Å². The third-order valence-corrected chi connectivity index (χ3v) is 5.20. The van der Waals surface area contributed by atoms with Crippen molar-refractivity contribution in [1.29, 1.82) is 0 Å². The molecule has 1 heterocycles. The van der Waals surface area contributed by atoms with Crippen LogP contribution in [-0.2, 0) is 27.3 Å². The molecule has 4 rings (SSSR count). The van der Waals surface area contributed by atoms with Gasteiger partial charge in [0.15, 0.2) is 0 Å². The normalized spacial score (nSPS) is 9.93. The highest BCUT2D eigenvalue weighted by atomic mass is 32.1. The molecule has 5 nitrogen and oxygen atoms in total. The van der Waals surface area contributed by atoms with E-state index in [0.29, 0.717) is 13.0 Å². The molecular weight excluding hydrogens is 384 g/mol. The van der Waals surface area contributed by atoms with Crippen molar-refractivity contribution in [3.63, 3.8) is 0 Å². The van der Waals surface area contributed by atoms with E-state index in [-0.39, 0.29) is 12.1 Å². The first-order chi connectivity index (χ1) is 14.2. The maximum Gasteiger partial charge on any atom is 0.373 e. The van der Waals surface area contributed by atoms with Crippen molar-refractivity contribution >= 4 is 33.6 Å². The second-order valence-corrected chi connectivity index (χ2v) is 7.29. The highest BCUT2D eigenvalue weighted by molar-refractivity contribution is 7.18. The Morgan fingerprint density at radius 2 is 1.55 bits per heavy atom. The van der Waals surface area contributed by atoms with Gasteiger partial charge in [0, 0.05) is 6.54 Å². The molecule has 0 saturated heterocycles. The van der Waals surface area contributed by atoms with Gasteiger partial charge in [-0.25, -0.2) is 4.98 Å². The average Bonchev–Trinajstić information content (AvgIpc) is 3.15. The number of hydrogen-bond acceptors (Lipinski definition) is 5. The second-order valence-electron chi connectivity index (χ2n) is 6.18. The number of hydrogen-bond donors (Lipinski definition) is 1. The first kappa shape index (κ1) is 20.1. The molecule has 0 atom stereocenters. The predicted molar refractivity (Wildman–Crippen MR) is 112 cm³/mol. The van der Waals surface area contributed by atoms with Gasteiger partial charge in [0.05, 0.1) is 16.6 Å². The Morgan fingerprint density at radius 3 is 2.24 bits per heavy atom. The number of thiazole rings is 1. The van der Waals surface area contributed by atoms with Gasteiger partial charge in [-0.15, -0.1) is 11.3 Å². The van der Waals surface area contributed by atoms with Gasteiger partial charge < -0.3 is 5.32 Å². The predicted octanol–water partition coefficient (Wildman–Crippen LogP) is 4.24. The minimum absolute atomic E-state index is 0.00353. The Morgan fingerprint density at radius 1 is 0.897 bits per heavy atom. The van der Waals surface area contributed by atoms with Crippen LogP contribution in [0.4, 0.5) is 0 Å². The van der Waals surface area contributed by atoms with Crippen molar-refractivity contribution in [2.45, 2.75) is 13.0 Å². The van der Waals surface area contributed by atoms with Crippen molar-refractivity contribution in [2.24, 2.45) is 0 Å². The molecule has 0 fully saturated rings. The fourth-order valence-corrected chi connectivity index (χ4v) is 3.86. The molecule has 1 N–H and O–H groups in total. The van der Waals surface area contributed by atoms with Crippen LogP contribution < -0.4 is 5.32 Å². The maximum absolute atomic E-state index is 12.2. The Balaban J connectivity index is 0.000000755. The zero-order chi connectivity index (χ0) is 20.5. The molecule has 0 bridgehead atoms. The zero-order valence-corrected chi connectivity index (χ0v) is 16.3. The van der Waals surface area contributed by atoms with Crippen LogP contribution in [0.2, 0.25) is 0 Å². The number of rotatable bonds is 5. The van der Waals surface area contributed by atoms with Crippen LogP contribution in [0, 0.1) is 0 Å². The van der Waals surface area contributed by atoms with E-state index in [4.69, 9.17) is 9.59 Å². The molecule has 144 valence electrons. The van der Waals surface area contributed by atoms with E-state index >= 15 is 0 Å². The summed E-state index contributed by atoms with van der Waals surface area (Å²) in [7, 11) is 0. The molecule has 0 aliphatic carbocycles. The number of carbonyl (C=O) groups excluding carboxylic acids is 3. The molecule has 0 unspecified atom stereocenters. The van der Waals surface area contributed by atoms with Gasteiger partial charge >= 0.3 is 6.15 Å². The van der Waals surface area contributed by atoms with Crippen LogP contribution >= 0.6 is 11.3 Å². The number of benzene rings is 3. The number of nitrogens with zero attached hydrogens (tertiary/aromatic N) is 1. The Bertz CT molecular complexity index is 1120. The summed E-state index contributed by atoms with van der Waals surface area (Å²) in [5.74, 6) is -0.00353. The SMILES string of the molecule is O=C(Cc1nc2ccc(-c3ccccc3)cc2s1)NCc1ccccc1.O=C=O. The largest absolute Gasteiger partial charge is 0.373 e. The fraction of sp³-hybridized carbons (Fsp3) is 0.0870. The topological polar surface area (TPSA) is 76.1 Å². The molecule has 0 aliphatic heterocycles. The molecule has 0 spiro atoms. The summed E-state index contributed by atoms with van der Waals surface area (Å²) in [6.45, 7) is 0.544. The van der Waals surface area contributed by atoms with Crippen LogP contribution in [0.5, 0.6) is 0 Å². The molecule has 0 saturated carbocycles. The molecule has 6 heteroatoms. The van der Waals surface area contributed by atoms with Crippen LogP contribution in [0.25, 0.3) is 21.3 Å². The Kier molecular flexibility index (Phi) is 7.00. The number of nitrogens with one attached hydrogen (secondary N) is 1. The Labute approximate surface area is 172 Å². The highest BCUT2D eigenvalue weighted by Crippen LogP contribution is 2.28. The van der Waals surface area contributed by atoms with Gasteiger partial charge in [0.25, 0.3) is 0 Å². The van der Waals surface area contributed by atoms with E-state index in [1.807, 2.05) is 54.6 Å². The molecular formula is C23H18N2O3S. The smallest absolute Gasteiger partial charge is 0.352 e. The van der Waals surface area contributed by atoms with Gasteiger partial charge in [-0.1, -0.05) is 66.7 Å². The molecule has 0 radical (unpaired) electrons. The number of fused-ring (bicyclic) bond motifs is 1. The standard InChI is InChI=1S/C22H18N2OS.CO2/c25-21(23-15-16-7-3-1-4-8-16)14-22-24-19-12-11-18(13-20(19)26-22)17-9-5-2-6-10-17;2-1-3/h1-13H,14-15H2,(H,23,25);. The maximum atomic E-state index is 12.2. The average molecular weight is 402 g/mol. The van der Waals surface area contributed by atoms with E-state index in [2.05, 4.69) is 34.6 Å². The minimum atomic E-state index is -0.00353. The third kappa shape index (κ3) is 5.69.